The van der Waals surface area contributed by atoms with Crippen molar-refractivity contribution in [2.75, 3.05) is 30.4 Å². The Hall–Kier alpha value is -3.14. The Labute approximate surface area is 226 Å². The molecule has 0 bridgehead atoms. The lowest BCUT2D eigenvalue weighted by Gasteiger charge is -2.25. The van der Waals surface area contributed by atoms with Gasteiger partial charge >= 0.3 is 5.97 Å². The van der Waals surface area contributed by atoms with E-state index in [-0.39, 0.29) is 25.3 Å². The SMILES string of the molecule is CN(C)c1cc(Br)c2c(n1)N(Cc1ccc3c(c1)CN(C(CCC(=O)OC(C)(C)C)C(N)=O)C3=O)CC2. The Bertz CT molecular complexity index is 1240. The highest BCUT2D eigenvalue weighted by Crippen LogP contribution is 2.36. The van der Waals surface area contributed by atoms with Crippen LogP contribution >= 0.6 is 15.9 Å². The molecule has 4 rings (SSSR count). The van der Waals surface area contributed by atoms with Crippen LogP contribution in [0.5, 0.6) is 0 Å². The maximum Gasteiger partial charge on any atom is 0.306 e. The average molecular weight is 573 g/mol. The number of carbonyl (C=O) groups is 3. The van der Waals surface area contributed by atoms with Gasteiger partial charge in [0.2, 0.25) is 5.91 Å². The number of hydrogen-bond acceptors (Lipinski definition) is 7. The molecule has 2 amide bonds. The first kappa shape index (κ1) is 26.9. The van der Waals surface area contributed by atoms with Crippen molar-refractivity contribution in [2.45, 2.75) is 64.8 Å². The van der Waals surface area contributed by atoms with Crippen LogP contribution in [0.3, 0.4) is 0 Å². The van der Waals surface area contributed by atoms with E-state index in [9.17, 15) is 14.4 Å². The Morgan fingerprint density at radius 1 is 1.24 bits per heavy atom. The quantitative estimate of drug-likeness (QED) is 0.483. The number of benzene rings is 1. The van der Waals surface area contributed by atoms with E-state index in [1.807, 2.05) is 43.3 Å². The summed E-state index contributed by atoms with van der Waals surface area (Å²) in [6.07, 6.45) is 1.03. The second-order valence-electron chi connectivity index (χ2n) is 10.8. The fourth-order valence-electron chi connectivity index (χ4n) is 4.81. The first-order valence-corrected chi connectivity index (χ1v) is 13.2. The van der Waals surface area contributed by atoms with E-state index < -0.39 is 23.5 Å². The van der Waals surface area contributed by atoms with Gasteiger partial charge in [-0.3, -0.25) is 14.4 Å². The molecule has 2 aromatic rings. The molecular formula is C27H34BrN5O4. The number of rotatable bonds is 8. The fourth-order valence-corrected chi connectivity index (χ4v) is 5.39. The van der Waals surface area contributed by atoms with Crippen LogP contribution < -0.4 is 15.5 Å². The van der Waals surface area contributed by atoms with E-state index in [1.165, 1.54) is 10.5 Å². The average Bonchev–Trinajstić information content (AvgIpc) is 3.34. The van der Waals surface area contributed by atoms with Crippen molar-refractivity contribution in [2.24, 2.45) is 5.73 Å². The Morgan fingerprint density at radius 3 is 2.62 bits per heavy atom. The van der Waals surface area contributed by atoms with E-state index in [0.717, 1.165) is 40.2 Å². The number of ether oxygens (including phenoxy) is 1. The minimum Gasteiger partial charge on any atom is -0.460 e. The van der Waals surface area contributed by atoms with Crippen molar-refractivity contribution in [3.8, 4) is 0 Å². The maximum absolute atomic E-state index is 13.1. The van der Waals surface area contributed by atoms with E-state index in [2.05, 4.69) is 20.8 Å². The van der Waals surface area contributed by atoms with Crippen LogP contribution in [0.2, 0.25) is 0 Å². The molecule has 198 valence electrons. The highest BCUT2D eigenvalue weighted by atomic mass is 79.9. The number of nitrogens with zero attached hydrogens (tertiary/aromatic N) is 4. The zero-order chi connectivity index (χ0) is 27.1. The largest absolute Gasteiger partial charge is 0.460 e. The molecule has 2 N–H and O–H groups in total. The van der Waals surface area contributed by atoms with Crippen LogP contribution in [0, 0.1) is 0 Å². The van der Waals surface area contributed by atoms with Gasteiger partial charge in [-0.15, -0.1) is 0 Å². The molecule has 0 radical (unpaired) electrons. The lowest BCUT2D eigenvalue weighted by atomic mass is 10.1. The lowest BCUT2D eigenvalue weighted by Crippen LogP contribution is -2.45. The Balaban J connectivity index is 1.48. The number of carbonyl (C=O) groups excluding carboxylic acids is 3. The molecule has 9 nitrogen and oxygen atoms in total. The molecule has 1 unspecified atom stereocenters. The third-order valence-corrected chi connectivity index (χ3v) is 7.25. The molecule has 0 aliphatic carbocycles. The summed E-state index contributed by atoms with van der Waals surface area (Å²) in [6, 6.07) is 6.93. The van der Waals surface area contributed by atoms with Crippen molar-refractivity contribution in [3.63, 3.8) is 0 Å². The normalized spacial score (nSPS) is 15.5. The van der Waals surface area contributed by atoms with Gasteiger partial charge in [0.05, 0.1) is 0 Å². The molecule has 0 spiro atoms. The molecule has 2 aliphatic heterocycles. The highest BCUT2D eigenvalue weighted by Gasteiger charge is 2.36. The van der Waals surface area contributed by atoms with Crippen molar-refractivity contribution in [1.82, 2.24) is 9.88 Å². The fraction of sp³-hybridized carbons (Fsp3) is 0.481. The Morgan fingerprint density at radius 2 is 1.97 bits per heavy atom. The number of nitrogens with two attached hydrogens (primary N) is 1. The number of primary amides is 1. The predicted octanol–water partition coefficient (Wildman–Crippen LogP) is 3.40. The first-order valence-electron chi connectivity index (χ1n) is 12.4. The smallest absolute Gasteiger partial charge is 0.306 e. The van der Waals surface area contributed by atoms with Gasteiger partial charge in [-0.25, -0.2) is 4.98 Å². The number of fused-ring (bicyclic) bond motifs is 2. The summed E-state index contributed by atoms with van der Waals surface area (Å²) in [5.41, 5.74) is 8.69. The van der Waals surface area contributed by atoms with Gasteiger partial charge < -0.3 is 25.2 Å². The van der Waals surface area contributed by atoms with Gasteiger partial charge in [-0.2, -0.15) is 0 Å². The van der Waals surface area contributed by atoms with Crippen LogP contribution in [0.4, 0.5) is 11.6 Å². The van der Waals surface area contributed by atoms with Gasteiger partial charge in [0.25, 0.3) is 5.91 Å². The third kappa shape index (κ3) is 5.89. The summed E-state index contributed by atoms with van der Waals surface area (Å²) in [5, 5.41) is 0. The lowest BCUT2D eigenvalue weighted by molar-refractivity contribution is -0.155. The molecule has 1 aromatic carbocycles. The zero-order valence-electron chi connectivity index (χ0n) is 22.0. The summed E-state index contributed by atoms with van der Waals surface area (Å²) < 4.78 is 6.40. The van der Waals surface area contributed by atoms with Crippen molar-refractivity contribution in [1.29, 1.82) is 0 Å². The van der Waals surface area contributed by atoms with E-state index in [0.29, 0.717) is 12.1 Å². The third-order valence-electron chi connectivity index (χ3n) is 6.55. The van der Waals surface area contributed by atoms with Gasteiger partial charge in [0, 0.05) is 55.8 Å². The maximum atomic E-state index is 13.1. The standard InChI is InChI=1S/C27H34BrN5O4/c1-27(2,3)37-23(34)9-8-21(24(29)35)33-15-17-12-16(6-7-18(17)26(33)36)14-32-11-10-19-20(28)13-22(31(4)5)30-25(19)32/h6-7,12-13,21H,8-11,14-15H2,1-5H3,(H2,29,35). The van der Waals surface area contributed by atoms with Crippen LogP contribution in [0.15, 0.2) is 28.7 Å². The second kappa shape index (κ2) is 10.3. The summed E-state index contributed by atoms with van der Waals surface area (Å²) in [7, 11) is 3.94. The van der Waals surface area contributed by atoms with E-state index >= 15 is 0 Å². The van der Waals surface area contributed by atoms with Crippen molar-refractivity contribution >= 4 is 45.3 Å². The predicted molar refractivity (Wildman–Crippen MR) is 145 cm³/mol. The van der Waals surface area contributed by atoms with Crippen molar-refractivity contribution < 1.29 is 19.1 Å². The number of esters is 1. The molecule has 0 fully saturated rings. The number of halogens is 1. The molecule has 1 aromatic heterocycles. The molecule has 37 heavy (non-hydrogen) atoms. The number of anilines is 2. The zero-order valence-corrected chi connectivity index (χ0v) is 23.6. The van der Waals surface area contributed by atoms with Crippen LogP contribution in [-0.4, -0.2) is 60.0 Å². The highest BCUT2D eigenvalue weighted by molar-refractivity contribution is 9.10. The van der Waals surface area contributed by atoms with Crippen molar-refractivity contribution in [3.05, 3.63) is 51.0 Å². The van der Waals surface area contributed by atoms with Crippen LogP contribution in [-0.2, 0) is 33.8 Å². The number of amides is 2. The summed E-state index contributed by atoms with van der Waals surface area (Å²) in [6.45, 7) is 7.13. The van der Waals surface area contributed by atoms with Crippen LogP contribution in [0.25, 0.3) is 0 Å². The molecule has 1 atom stereocenters. The van der Waals surface area contributed by atoms with E-state index in [1.54, 1.807) is 20.8 Å². The summed E-state index contributed by atoms with van der Waals surface area (Å²) in [4.78, 5) is 48.1. The second-order valence-corrected chi connectivity index (χ2v) is 11.7. The van der Waals surface area contributed by atoms with E-state index in [4.69, 9.17) is 15.5 Å². The molecule has 0 saturated carbocycles. The van der Waals surface area contributed by atoms with Gasteiger partial charge in [-0.1, -0.05) is 28.1 Å². The molecule has 2 aliphatic rings. The Kier molecular flexibility index (Phi) is 7.50. The molecule has 10 heteroatoms. The number of aromatic nitrogens is 1. The minimum atomic E-state index is -0.882. The number of pyridine rings is 1. The summed E-state index contributed by atoms with van der Waals surface area (Å²) >= 11 is 3.69. The molecular weight excluding hydrogens is 538 g/mol. The molecule has 3 heterocycles. The van der Waals surface area contributed by atoms with Gasteiger partial charge in [0.15, 0.2) is 0 Å². The summed E-state index contributed by atoms with van der Waals surface area (Å²) in [5.74, 6) is 0.548. The number of hydrogen-bond donors (Lipinski definition) is 1. The molecule has 0 saturated heterocycles. The minimum absolute atomic E-state index is 0.00210. The van der Waals surface area contributed by atoms with Crippen LogP contribution in [0.1, 0.15) is 60.7 Å². The van der Waals surface area contributed by atoms with Gasteiger partial charge in [-0.05, 0) is 56.9 Å². The first-order chi connectivity index (χ1) is 17.3. The topological polar surface area (TPSA) is 109 Å². The monoisotopic (exact) mass is 571 g/mol. The van der Waals surface area contributed by atoms with Gasteiger partial charge in [0.1, 0.15) is 23.3 Å².